The summed E-state index contributed by atoms with van der Waals surface area (Å²) in [6.07, 6.45) is -0.201. The van der Waals surface area contributed by atoms with Gasteiger partial charge in [0.05, 0.1) is 31.3 Å². The Hall–Kier alpha value is -2.09. The first kappa shape index (κ1) is 19.2. The maximum absolute atomic E-state index is 12.0. The average molecular weight is 366 g/mol. The Bertz CT molecular complexity index is 771. The minimum atomic E-state index is -3.74. The molecular weight excluding hydrogens is 344 g/mol. The maximum Gasteiger partial charge on any atom is 0.296 e. The first-order valence-electron chi connectivity index (χ1n) is 7.87. The highest BCUT2D eigenvalue weighted by Gasteiger charge is 2.14. The average Bonchev–Trinajstić information content (AvgIpc) is 2.62. The molecule has 1 unspecified atom stereocenters. The molecular formula is C18H22O6S. The summed E-state index contributed by atoms with van der Waals surface area (Å²) in [7, 11) is -2.22. The van der Waals surface area contributed by atoms with Crippen molar-refractivity contribution in [2.45, 2.75) is 24.3 Å². The van der Waals surface area contributed by atoms with Crippen molar-refractivity contribution in [2.75, 3.05) is 20.3 Å². The summed E-state index contributed by atoms with van der Waals surface area (Å²) in [6, 6.07) is 13.2. The van der Waals surface area contributed by atoms with Crippen LogP contribution in [-0.4, -0.2) is 33.8 Å². The SMILES string of the molecule is COc1cc(C(C)O)ccc1OCCCOS(=O)(=O)c1ccccc1. The van der Waals surface area contributed by atoms with E-state index in [0.29, 0.717) is 17.9 Å². The van der Waals surface area contributed by atoms with Crippen LogP contribution in [-0.2, 0) is 14.3 Å². The summed E-state index contributed by atoms with van der Waals surface area (Å²) in [5.74, 6) is 1.04. The molecule has 0 fully saturated rings. The summed E-state index contributed by atoms with van der Waals surface area (Å²) in [6.45, 7) is 1.96. The Balaban J connectivity index is 1.84. The van der Waals surface area contributed by atoms with E-state index < -0.39 is 16.2 Å². The molecule has 7 heteroatoms. The third-order valence-corrected chi connectivity index (χ3v) is 4.81. The van der Waals surface area contributed by atoms with Gasteiger partial charge in [0.25, 0.3) is 10.1 Å². The Morgan fingerprint density at radius 2 is 1.76 bits per heavy atom. The smallest absolute Gasteiger partial charge is 0.296 e. The monoisotopic (exact) mass is 366 g/mol. The lowest BCUT2D eigenvalue weighted by Gasteiger charge is -2.13. The van der Waals surface area contributed by atoms with Crippen molar-refractivity contribution in [2.24, 2.45) is 0 Å². The maximum atomic E-state index is 12.0. The van der Waals surface area contributed by atoms with E-state index in [2.05, 4.69) is 0 Å². The second-order valence-electron chi connectivity index (χ2n) is 5.38. The van der Waals surface area contributed by atoms with Crippen molar-refractivity contribution in [3.05, 3.63) is 54.1 Å². The van der Waals surface area contributed by atoms with Gasteiger partial charge in [-0.2, -0.15) is 8.42 Å². The fourth-order valence-electron chi connectivity index (χ4n) is 2.13. The first-order chi connectivity index (χ1) is 11.9. The standard InChI is InChI=1S/C18H22O6S/c1-14(19)15-9-10-17(18(13-15)22-2)23-11-6-12-24-25(20,21)16-7-4-3-5-8-16/h3-5,7-10,13-14,19H,6,11-12H2,1-2H3. The van der Waals surface area contributed by atoms with Crippen molar-refractivity contribution in [3.8, 4) is 11.5 Å². The van der Waals surface area contributed by atoms with Gasteiger partial charge in [-0.1, -0.05) is 24.3 Å². The van der Waals surface area contributed by atoms with Crippen LogP contribution < -0.4 is 9.47 Å². The molecule has 25 heavy (non-hydrogen) atoms. The van der Waals surface area contributed by atoms with E-state index in [1.54, 1.807) is 43.3 Å². The van der Waals surface area contributed by atoms with Crippen LogP contribution in [0.3, 0.4) is 0 Å². The van der Waals surface area contributed by atoms with E-state index in [0.717, 1.165) is 5.56 Å². The molecule has 0 amide bonds. The predicted octanol–water partition coefficient (Wildman–Crippen LogP) is 2.92. The number of hydrogen-bond donors (Lipinski definition) is 1. The highest BCUT2D eigenvalue weighted by Crippen LogP contribution is 2.30. The molecule has 0 saturated carbocycles. The van der Waals surface area contributed by atoms with Gasteiger partial charge < -0.3 is 14.6 Å². The molecule has 2 rings (SSSR count). The van der Waals surface area contributed by atoms with Gasteiger partial charge in [0.2, 0.25) is 0 Å². The molecule has 0 aliphatic rings. The van der Waals surface area contributed by atoms with Crippen molar-refractivity contribution in [1.82, 2.24) is 0 Å². The van der Waals surface area contributed by atoms with Crippen LogP contribution in [0.1, 0.15) is 25.0 Å². The van der Waals surface area contributed by atoms with E-state index in [1.165, 1.54) is 19.2 Å². The van der Waals surface area contributed by atoms with Crippen LogP contribution in [0.4, 0.5) is 0 Å². The van der Waals surface area contributed by atoms with Crippen LogP contribution in [0, 0.1) is 0 Å². The molecule has 1 N–H and O–H groups in total. The third kappa shape index (κ3) is 5.45. The summed E-state index contributed by atoms with van der Waals surface area (Å²) >= 11 is 0. The van der Waals surface area contributed by atoms with Gasteiger partial charge in [-0.3, -0.25) is 4.18 Å². The predicted molar refractivity (Wildman–Crippen MR) is 93.3 cm³/mol. The Morgan fingerprint density at radius 1 is 1.04 bits per heavy atom. The number of ether oxygens (including phenoxy) is 2. The fraction of sp³-hybridized carbons (Fsp3) is 0.333. The number of aliphatic hydroxyl groups is 1. The van der Waals surface area contributed by atoms with Crippen molar-refractivity contribution in [3.63, 3.8) is 0 Å². The van der Waals surface area contributed by atoms with E-state index in [4.69, 9.17) is 13.7 Å². The number of benzene rings is 2. The molecule has 0 aromatic heterocycles. The molecule has 0 radical (unpaired) electrons. The number of rotatable bonds is 9. The molecule has 0 saturated heterocycles. The molecule has 0 bridgehead atoms. The minimum absolute atomic E-state index is 0.0191. The third-order valence-electron chi connectivity index (χ3n) is 3.49. The summed E-state index contributed by atoms with van der Waals surface area (Å²) in [5.41, 5.74) is 0.724. The zero-order valence-electron chi connectivity index (χ0n) is 14.2. The summed E-state index contributed by atoms with van der Waals surface area (Å²) < 4.78 is 39.8. The lowest BCUT2D eigenvalue weighted by Crippen LogP contribution is -2.10. The molecule has 2 aromatic carbocycles. The van der Waals surface area contributed by atoms with Crippen molar-refractivity contribution in [1.29, 1.82) is 0 Å². The molecule has 0 heterocycles. The van der Waals surface area contributed by atoms with Crippen LogP contribution in [0.25, 0.3) is 0 Å². The highest BCUT2D eigenvalue weighted by molar-refractivity contribution is 7.86. The van der Waals surface area contributed by atoms with Crippen LogP contribution in [0.2, 0.25) is 0 Å². The number of aliphatic hydroxyl groups excluding tert-OH is 1. The lowest BCUT2D eigenvalue weighted by atomic mass is 10.1. The normalized spacial score (nSPS) is 12.6. The Labute approximate surface area is 148 Å². The van der Waals surface area contributed by atoms with E-state index in [-0.39, 0.29) is 18.1 Å². The molecule has 2 aromatic rings. The molecule has 136 valence electrons. The molecule has 0 aliphatic heterocycles. The van der Waals surface area contributed by atoms with Crippen LogP contribution in [0.15, 0.2) is 53.4 Å². The quantitative estimate of drug-likeness (QED) is 0.543. The zero-order valence-corrected chi connectivity index (χ0v) is 15.0. The van der Waals surface area contributed by atoms with Gasteiger partial charge >= 0.3 is 0 Å². The largest absolute Gasteiger partial charge is 0.493 e. The minimum Gasteiger partial charge on any atom is -0.493 e. The van der Waals surface area contributed by atoms with Gasteiger partial charge in [-0.15, -0.1) is 0 Å². The Morgan fingerprint density at radius 3 is 2.40 bits per heavy atom. The second kappa shape index (κ2) is 8.84. The molecule has 0 aliphatic carbocycles. The van der Waals surface area contributed by atoms with Gasteiger partial charge in [0.1, 0.15) is 0 Å². The highest BCUT2D eigenvalue weighted by atomic mass is 32.2. The second-order valence-corrected chi connectivity index (χ2v) is 6.99. The first-order valence-corrected chi connectivity index (χ1v) is 9.28. The number of methoxy groups -OCH3 is 1. The van der Waals surface area contributed by atoms with E-state index in [9.17, 15) is 13.5 Å². The van der Waals surface area contributed by atoms with E-state index >= 15 is 0 Å². The van der Waals surface area contributed by atoms with Gasteiger partial charge in [-0.25, -0.2) is 0 Å². The number of hydrogen-bond acceptors (Lipinski definition) is 6. The molecule has 1 atom stereocenters. The van der Waals surface area contributed by atoms with Gasteiger partial charge in [-0.05, 0) is 36.8 Å². The van der Waals surface area contributed by atoms with Crippen molar-refractivity contribution >= 4 is 10.1 Å². The topological polar surface area (TPSA) is 82.1 Å². The summed E-state index contributed by atoms with van der Waals surface area (Å²) in [5, 5.41) is 9.58. The van der Waals surface area contributed by atoms with Crippen LogP contribution >= 0.6 is 0 Å². The van der Waals surface area contributed by atoms with E-state index in [1.807, 2.05) is 0 Å². The van der Waals surface area contributed by atoms with Gasteiger partial charge in [0.15, 0.2) is 11.5 Å². The zero-order chi connectivity index (χ0) is 18.3. The fourth-order valence-corrected chi connectivity index (χ4v) is 3.09. The molecule has 6 nitrogen and oxygen atoms in total. The van der Waals surface area contributed by atoms with Crippen molar-refractivity contribution < 1.29 is 27.2 Å². The lowest BCUT2D eigenvalue weighted by molar-refractivity contribution is 0.198. The van der Waals surface area contributed by atoms with Gasteiger partial charge in [0, 0.05) is 6.42 Å². The Kier molecular flexibility index (Phi) is 6.81. The molecule has 0 spiro atoms. The summed E-state index contributed by atoms with van der Waals surface area (Å²) in [4.78, 5) is 0.131. The van der Waals surface area contributed by atoms with Crippen LogP contribution in [0.5, 0.6) is 11.5 Å².